The molecule has 0 aliphatic rings. The van der Waals surface area contributed by atoms with Crippen molar-refractivity contribution in [1.29, 1.82) is 0 Å². The van der Waals surface area contributed by atoms with Gasteiger partial charge in [0.2, 0.25) is 0 Å². The lowest BCUT2D eigenvalue weighted by Gasteiger charge is -2.06. The highest BCUT2D eigenvalue weighted by molar-refractivity contribution is 5.75. The van der Waals surface area contributed by atoms with Crippen LogP contribution in [0.25, 0.3) is 0 Å². The van der Waals surface area contributed by atoms with Crippen molar-refractivity contribution < 1.29 is 19.4 Å². The fraction of sp³-hybridized carbons (Fsp3) is 0.600. The summed E-state index contributed by atoms with van der Waals surface area (Å²) in [5.74, 6) is -1.17. The van der Waals surface area contributed by atoms with Crippen LogP contribution >= 0.6 is 0 Å². The van der Waals surface area contributed by atoms with Crippen LogP contribution in [0.4, 0.5) is 4.79 Å². The number of ether oxygens (including phenoxy) is 1. The molecule has 0 fully saturated rings. The minimum Gasteiger partial charge on any atom is -0.480 e. The van der Waals surface area contributed by atoms with Gasteiger partial charge in [-0.05, 0) is 0 Å². The molecule has 0 saturated carbocycles. The van der Waals surface area contributed by atoms with E-state index in [-0.39, 0.29) is 6.54 Å². The van der Waals surface area contributed by atoms with Crippen LogP contribution in [-0.4, -0.2) is 36.9 Å². The Hall–Kier alpha value is -1.30. The van der Waals surface area contributed by atoms with Gasteiger partial charge >= 0.3 is 12.1 Å². The Morgan fingerprint density at radius 2 is 2.27 bits per heavy atom. The Balaban J connectivity index is 3.54. The molecule has 0 rings (SSSR count). The number of amides is 1. The number of nitrogens with one attached hydrogen (secondary N) is 1. The lowest BCUT2D eigenvalue weighted by atomic mass is 10.3. The van der Waals surface area contributed by atoms with Crippen LogP contribution in [0, 0.1) is 0 Å². The maximum absolute atomic E-state index is 10.4. The van der Waals surface area contributed by atoms with Gasteiger partial charge in [0.15, 0.2) is 0 Å². The Morgan fingerprint density at radius 3 is 2.64 bits per heavy atom. The molecule has 1 amide bonds. The molecule has 6 nitrogen and oxygen atoms in total. The van der Waals surface area contributed by atoms with Crippen molar-refractivity contribution in [2.45, 2.75) is 6.04 Å². The van der Waals surface area contributed by atoms with Crippen LogP contribution in [0.3, 0.4) is 0 Å². The number of carbonyl (C=O) groups is 2. The first-order valence-corrected chi connectivity index (χ1v) is 2.88. The van der Waals surface area contributed by atoms with Gasteiger partial charge in [0.25, 0.3) is 0 Å². The Kier molecular flexibility index (Phi) is 3.97. The smallest absolute Gasteiger partial charge is 0.406 e. The standard InChI is InChI=1S/C5H10N2O4/c1-11-5(10)7-2-3(6)4(8)9/h3H,2,6H2,1H3,(H,7,10)(H,8,9)/t3-/m0/s1. The lowest BCUT2D eigenvalue weighted by Crippen LogP contribution is -2.42. The molecule has 4 N–H and O–H groups in total. The predicted molar refractivity (Wildman–Crippen MR) is 36.0 cm³/mol. The second-order valence-corrected chi connectivity index (χ2v) is 1.82. The third-order valence-electron chi connectivity index (χ3n) is 0.969. The molecule has 0 spiro atoms. The number of nitrogens with two attached hydrogens (primary N) is 1. The van der Waals surface area contributed by atoms with E-state index in [9.17, 15) is 9.59 Å². The van der Waals surface area contributed by atoms with E-state index in [1.807, 2.05) is 0 Å². The molecular formula is C5H10N2O4. The second-order valence-electron chi connectivity index (χ2n) is 1.82. The summed E-state index contributed by atoms with van der Waals surface area (Å²) in [6.45, 7) is -0.137. The van der Waals surface area contributed by atoms with E-state index in [0.29, 0.717) is 0 Å². The van der Waals surface area contributed by atoms with E-state index in [2.05, 4.69) is 10.1 Å². The highest BCUT2D eigenvalue weighted by atomic mass is 16.5. The number of hydrogen-bond donors (Lipinski definition) is 3. The van der Waals surface area contributed by atoms with Crippen molar-refractivity contribution in [3.05, 3.63) is 0 Å². The maximum Gasteiger partial charge on any atom is 0.406 e. The number of hydrogen-bond acceptors (Lipinski definition) is 4. The van der Waals surface area contributed by atoms with Gasteiger partial charge in [0.05, 0.1) is 7.11 Å². The van der Waals surface area contributed by atoms with E-state index >= 15 is 0 Å². The van der Waals surface area contributed by atoms with Gasteiger partial charge in [0.1, 0.15) is 6.04 Å². The van der Waals surface area contributed by atoms with E-state index in [4.69, 9.17) is 10.8 Å². The van der Waals surface area contributed by atoms with Gasteiger partial charge in [-0.25, -0.2) is 4.79 Å². The van der Waals surface area contributed by atoms with Crippen LogP contribution < -0.4 is 11.1 Å². The third kappa shape index (κ3) is 4.15. The number of carbonyl (C=O) groups excluding carboxylic acids is 1. The summed E-state index contributed by atoms with van der Waals surface area (Å²) in [6.07, 6.45) is -0.693. The minimum atomic E-state index is -1.17. The molecule has 0 aliphatic carbocycles. The first-order chi connectivity index (χ1) is 5.07. The molecule has 0 aliphatic heterocycles. The van der Waals surface area contributed by atoms with Crippen molar-refractivity contribution in [3.63, 3.8) is 0 Å². The molecule has 0 unspecified atom stereocenters. The predicted octanol–water partition coefficient (Wildman–Crippen LogP) is -1.25. The third-order valence-corrected chi connectivity index (χ3v) is 0.969. The first-order valence-electron chi connectivity index (χ1n) is 2.88. The number of alkyl carbamates (subject to hydrolysis) is 1. The molecule has 0 aromatic heterocycles. The molecule has 64 valence electrons. The molecule has 0 aromatic rings. The molecule has 0 bridgehead atoms. The number of aliphatic carboxylic acids is 1. The Bertz CT molecular complexity index is 159. The average Bonchev–Trinajstić information content (AvgIpc) is 1.99. The average molecular weight is 162 g/mol. The summed E-state index contributed by atoms with van der Waals surface area (Å²) in [6, 6.07) is -1.09. The highest BCUT2D eigenvalue weighted by Gasteiger charge is 2.11. The zero-order valence-corrected chi connectivity index (χ0v) is 6.03. The molecule has 1 atom stereocenters. The summed E-state index contributed by atoms with van der Waals surface area (Å²) >= 11 is 0. The van der Waals surface area contributed by atoms with Crippen LogP contribution in [0.1, 0.15) is 0 Å². The summed E-state index contributed by atoms with van der Waals surface area (Å²) in [5, 5.41) is 10.4. The second kappa shape index (κ2) is 4.51. The monoisotopic (exact) mass is 162 g/mol. The van der Waals surface area contributed by atoms with E-state index in [1.165, 1.54) is 7.11 Å². The zero-order valence-electron chi connectivity index (χ0n) is 6.03. The number of carboxylic acids is 1. The van der Waals surface area contributed by atoms with E-state index in [0.717, 1.165) is 0 Å². The number of carboxylic acid groups (broad SMARTS) is 1. The first kappa shape index (κ1) is 9.70. The maximum atomic E-state index is 10.4. The molecule has 0 radical (unpaired) electrons. The van der Waals surface area contributed by atoms with E-state index in [1.54, 1.807) is 0 Å². The molecule has 0 aromatic carbocycles. The fourth-order valence-electron chi connectivity index (χ4n) is 0.353. The highest BCUT2D eigenvalue weighted by Crippen LogP contribution is 1.76. The van der Waals surface area contributed by atoms with Gasteiger partial charge in [0, 0.05) is 6.54 Å². The van der Waals surface area contributed by atoms with Crippen LogP contribution in [0.15, 0.2) is 0 Å². The van der Waals surface area contributed by atoms with Gasteiger partial charge < -0.3 is 20.9 Å². The van der Waals surface area contributed by atoms with Crippen molar-refractivity contribution in [3.8, 4) is 0 Å². The van der Waals surface area contributed by atoms with Crippen LogP contribution in [0.5, 0.6) is 0 Å². The summed E-state index contributed by atoms with van der Waals surface area (Å²) in [7, 11) is 1.18. The fourth-order valence-corrected chi connectivity index (χ4v) is 0.353. The minimum absolute atomic E-state index is 0.137. The van der Waals surface area contributed by atoms with Crippen molar-refractivity contribution in [2.75, 3.05) is 13.7 Å². The quantitative estimate of drug-likeness (QED) is 0.481. The summed E-state index contributed by atoms with van der Waals surface area (Å²) in [4.78, 5) is 20.4. The number of methoxy groups -OCH3 is 1. The van der Waals surface area contributed by atoms with Gasteiger partial charge in [-0.2, -0.15) is 0 Å². The SMILES string of the molecule is COC(=O)NC[C@H](N)C(=O)O. The Morgan fingerprint density at radius 1 is 1.73 bits per heavy atom. The van der Waals surface area contributed by atoms with Gasteiger partial charge in [-0.3, -0.25) is 4.79 Å². The van der Waals surface area contributed by atoms with Gasteiger partial charge in [-0.15, -0.1) is 0 Å². The van der Waals surface area contributed by atoms with Crippen LogP contribution in [0.2, 0.25) is 0 Å². The largest absolute Gasteiger partial charge is 0.480 e. The van der Waals surface area contributed by atoms with Gasteiger partial charge in [-0.1, -0.05) is 0 Å². The molecular weight excluding hydrogens is 152 g/mol. The van der Waals surface area contributed by atoms with E-state index < -0.39 is 18.1 Å². The lowest BCUT2D eigenvalue weighted by molar-refractivity contribution is -0.138. The number of rotatable bonds is 3. The molecule has 0 saturated heterocycles. The molecule has 6 heteroatoms. The zero-order chi connectivity index (χ0) is 8.85. The summed E-state index contributed by atoms with van der Waals surface area (Å²) in [5.41, 5.74) is 5.05. The van der Waals surface area contributed by atoms with Crippen molar-refractivity contribution in [1.82, 2.24) is 5.32 Å². The normalized spacial score (nSPS) is 11.8. The topological polar surface area (TPSA) is 102 Å². The summed E-state index contributed by atoms with van der Waals surface area (Å²) < 4.78 is 4.18. The van der Waals surface area contributed by atoms with Crippen molar-refractivity contribution >= 4 is 12.1 Å². The molecule has 11 heavy (non-hydrogen) atoms. The van der Waals surface area contributed by atoms with Crippen LogP contribution in [-0.2, 0) is 9.53 Å². The van der Waals surface area contributed by atoms with Crippen molar-refractivity contribution in [2.24, 2.45) is 5.73 Å². The molecule has 0 heterocycles. The Labute approximate surface area is 63.3 Å².